The molecule has 0 bridgehead atoms. The second-order valence-corrected chi connectivity index (χ2v) is 2.54. The highest BCUT2D eigenvalue weighted by atomic mass is 32.1. The average Bonchev–Trinajstić information content (AvgIpc) is 2.34. The van der Waals surface area contributed by atoms with E-state index in [4.69, 9.17) is 0 Å². The van der Waals surface area contributed by atoms with Gasteiger partial charge in [-0.3, -0.25) is 0 Å². The van der Waals surface area contributed by atoms with Gasteiger partial charge in [-0.2, -0.15) is 4.99 Å². The molecule has 1 aliphatic heterocycles. The van der Waals surface area contributed by atoms with E-state index in [1.165, 1.54) is 0 Å². The topological polar surface area (TPSA) is 18.8 Å². The van der Waals surface area contributed by atoms with Gasteiger partial charge in [-0.25, -0.2) is 0 Å². The molecule has 0 fully saturated rings. The van der Waals surface area contributed by atoms with Crippen molar-refractivity contribution in [2.24, 2.45) is 4.99 Å². The second kappa shape index (κ2) is 3.51. The minimum Gasteiger partial charge on any atom is -0.340 e. The van der Waals surface area contributed by atoms with Crippen LogP contribution in [0.2, 0.25) is 0 Å². The third-order valence-corrected chi connectivity index (χ3v) is 1.79. The summed E-state index contributed by atoms with van der Waals surface area (Å²) >= 11 is 4.54. The predicted octanol–water partition coefficient (Wildman–Crippen LogP) is 1.11. The Hall–Kier alpha value is -0.860. The summed E-state index contributed by atoms with van der Waals surface area (Å²) < 4.78 is 0. The van der Waals surface area contributed by atoms with Crippen molar-refractivity contribution in [2.45, 2.75) is 13.2 Å². The fourth-order valence-electron chi connectivity index (χ4n) is 1.06. The van der Waals surface area contributed by atoms with Crippen molar-refractivity contribution in [1.29, 1.82) is 0 Å². The highest BCUT2D eigenvalue weighted by Gasteiger charge is 2.20. The lowest BCUT2D eigenvalue weighted by molar-refractivity contribution is 0.193. The zero-order chi connectivity index (χ0) is 8.27. The Balaban J connectivity index is 2.68. The van der Waals surface area contributed by atoms with Crippen LogP contribution >= 0.6 is 12.2 Å². The molecule has 11 heavy (non-hydrogen) atoms. The molecule has 1 atom stereocenters. The molecule has 60 valence electrons. The van der Waals surface area contributed by atoms with E-state index in [-0.39, 0.29) is 6.29 Å². The summed E-state index contributed by atoms with van der Waals surface area (Å²) in [6, 6.07) is 0. The van der Waals surface area contributed by atoms with E-state index in [9.17, 15) is 0 Å². The van der Waals surface area contributed by atoms with Crippen LogP contribution in [0.25, 0.3) is 0 Å². The van der Waals surface area contributed by atoms with E-state index < -0.39 is 0 Å². The minimum atomic E-state index is 0.0255. The second-order valence-electron chi connectivity index (χ2n) is 2.36. The molecule has 1 heterocycles. The van der Waals surface area contributed by atoms with Gasteiger partial charge in [0.15, 0.2) is 0 Å². The summed E-state index contributed by atoms with van der Waals surface area (Å²) in [7, 11) is 1.97. The maximum Gasteiger partial charge on any atom is 0.207 e. The molecule has 1 rings (SSSR count). The lowest BCUT2D eigenvalue weighted by atomic mass is 10.6. The molecule has 4 heteroatoms. The highest BCUT2D eigenvalue weighted by Crippen LogP contribution is 2.13. The van der Waals surface area contributed by atoms with Gasteiger partial charge < -0.3 is 9.80 Å². The van der Waals surface area contributed by atoms with Crippen molar-refractivity contribution in [3.8, 4) is 0 Å². The molecule has 0 aromatic heterocycles. The summed E-state index contributed by atoms with van der Waals surface area (Å²) in [5, 5.41) is 2.39. The first-order chi connectivity index (χ1) is 5.29. The average molecular weight is 169 g/mol. The molecule has 0 N–H and O–H groups in total. The molecule has 1 aliphatic rings. The van der Waals surface area contributed by atoms with Crippen LogP contribution in [0.4, 0.5) is 0 Å². The van der Waals surface area contributed by atoms with Gasteiger partial charge in [0.1, 0.15) is 0 Å². The zero-order valence-corrected chi connectivity index (χ0v) is 7.51. The molecule has 0 saturated heterocycles. The SMILES string of the molecule is CCN1C=CN(C)C1N=C=S. The molecular formula is C7H11N3S. The van der Waals surface area contributed by atoms with Crippen LogP contribution < -0.4 is 0 Å². The van der Waals surface area contributed by atoms with Gasteiger partial charge in [-0.15, -0.1) is 0 Å². The number of rotatable bonds is 2. The van der Waals surface area contributed by atoms with Crippen LogP contribution in [-0.2, 0) is 0 Å². The number of isothiocyanates is 1. The van der Waals surface area contributed by atoms with Gasteiger partial charge >= 0.3 is 0 Å². The molecule has 3 nitrogen and oxygen atoms in total. The van der Waals surface area contributed by atoms with Crippen LogP contribution in [0, 0.1) is 0 Å². The van der Waals surface area contributed by atoms with Crippen molar-refractivity contribution >= 4 is 17.4 Å². The molecule has 0 aliphatic carbocycles. The third kappa shape index (κ3) is 1.59. The Morgan fingerprint density at radius 1 is 1.64 bits per heavy atom. The lowest BCUT2D eigenvalue weighted by Gasteiger charge is -2.24. The maximum atomic E-state index is 4.54. The first-order valence-corrected chi connectivity index (χ1v) is 3.93. The lowest BCUT2D eigenvalue weighted by Crippen LogP contribution is -2.34. The number of aliphatic imine (C=N–C) groups is 1. The molecule has 0 radical (unpaired) electrons. The van der Waals surface area contributed by atoms with E-state index in [0.29, 0.717) is 0 Å². The quantitative estimate of drug-likeness (QED) is 0.456. The third-order valence-electron chi connectivity index (χ3n) is 1.69. The normalized spacial score (nSPS) is 22.2. The minimum absolute atomic E-state index is 0.0255. The van der Waals surface area contributed by atoms with Crippen molar-refractivity contribution in [1.82, 2.24) is 9.80 Å². The molecule has 0 aromatic carbocycles. The van der Waals surface area contributed by atoms with Gasteiger partial charge in [-0.1, -0.05) is 0 Å². The number of hydrogen-bond donors (Lipinski definition) is 0. The van der Waals surface area contributed by atoms with Gasteiger partial charge in [0.2, 0.25) is 6.29 Å². The van der Waals surface area contributed by atoms with Crippen molar-refractivity contribution in [3.63, 3.8) is 0 Å². The predicted molar refractivity (Wildman–Crippen MR) is 48.1 cm³/mol. The Morgan fingerprint density at radius 3 is 2.91 bits per heavy atom. The van der Waals surface area contributed by atoms with Crippen LogP contribution in [0.3, 0.4) is 0 Å². The first kappa shape index (κ1) is 8.24. The van der Waals surface area contributed by atoms with Gasteiger partial charge in [0, 0.05) is 26.0 Å². The number of nitrogens with zero attached hydrogens (tertiary/aromatic N) is 3. The smallest absolute Gasteiger partial charge is 0.207 e. The Labute approximate surface area is 72.0 Å². The summed E-state index contributed by atoms with van der Waals surface area (Å²) in [6.45, 7) is 3.02. The molecule has 0 amide bonds. The molecule has 1 unspecified atom stereocenters. The summed E-state index contributed by atoms with van der Waals surface area (Å²) in [5.74, 6) is 0. The van der Waals surface area contributed by atoms with Gasteiger partial charge in [0.25, 0.3) is 0 Å². The van der Waals surface area contributed by atoms with Crippen LogP contribution in [0.15, 0.2) is 17.4 Å². The monoisotopic (exact) mass is 169 g/mol. The number of thiocarbonyl (C=S) groups is 1. The van der Waals surface area contributed by atoms with Crippen LogP contribution in [0.1, 0.15) is 6.92 Å². The molecule has 0 aromatic rings. The van der Waals surface area contributed by atoms with E-state index in [1.54, 1.807) is 0 Å². The zero-order valence-electron chi connectivity index (χ0n) is 6.69. The summed E-state index contributed by atoms with van der Waals surface area (Å²) in [5.41, 5.74) is 0. The summed E-state index contributed by atoms with van der Waals surface area (Å²) in [6.07, 6.45) is 4.00. The Bertz CT molecular complexity index is 208. The molecule has 0 spiro atoms. The Kier molecular flexibility index (Phi) is 2.63. The van der Waals surface area contributed by atoms with Crippen molar-refractivity contribution < 1.29 is 0 Å². The van der Waals surface area contributed by atoms with E-state index in [0.717, 1.165) is 6.54 Å². The standard InChI is InChI=1S/C7H11N3S/c1-3-10-5-4-9(2)7(10)8-6-11/h4-5,7H,3H2,1-2H3. The van der Waals surface area contributed by atoms with Gasteiger partial charge in [-0.05, 0) is 19.1 Å². The fourth-order valence-corrected chi connectivity index (χ4v) is 1.15. The molecular weight excluding hydrogens is 158 g/mol. The number of hydrogen-bond acceptors (Lipinski definition) is 4. The van der Waals surface area contributed by atoms with E-state index in [2.05, 4.69) is 34.2 Å². The van der Waals surface area contributed by atoms with E-state index >= 15 is 0 Å². The van der Waals surface area contributed by atoms with Crippen LogP contribution in [0.5, 0.6) is 0 Å². The Morgan fingerprint density at radius 2 is 2.36 bits per heavy atom. The highest BCUT2D eigenvalue weighted by molar-refractivity contribution is 7.78. The van der Waals surface area contributed by atoms with Crippen molar-refractivity contribution in [3.05, 3.63) is 12.4 Å². The fraction of sp³-hybridized carbons (Fsp3) is 0.571. The summed E-state index contributed by atoms with van der Waals surface area (Å²) in [4.78, 5) is 8.08. The maximum absolute atomic E-state index is 4.54. The van der Waals surface area contributed by atoms with Gasteiger partial charge in [0.05, 0.1) is 5.16 Å². The van der Waals surface area contributed by atoms with Crippen molar-refractivity contribution in [2.75, 3.05) is 13.6 Å². The largest absolute Gasteiger partial charge is 0.340 e. The molecule has 0 saturated carbocycles. The van der Waals surface area contributed by atoms with Crippen LogP contribution in [-0.4, -0.2) is 34.8 Å². The van der Waals surface area contributed by atoms with E-state index in [1.807, 2.05) is 24.3 Å². The first-order valence-electron chi connectivity index (χ1n) is 3.52.